The van der Waals surface area contributed by atoms with E-state index in [-0.39, 0.29) is 0 Å². The van der Waals surface area contributed by atoms with Gasteiger partial charge in [0, 0.05) is 44.4 Å². The number of aromatic nitrogens is 5. The lowest BCUT2D eigenvalue weighted by molar-refractivity contribution is 0.669. The molecule has 0 spiro atoms. The van der Waals surface area contributed by atoms with E-state index in [2.05, 4.69) is 53.1 Å². The summed E-state index contributed by atoms with van der Waals surface area (Å²) in [5.74, 6) is 2.63. The molecule has 5 aromatic carbocycles. The molecule has 0 atom stereocenters. The Balaban J connectivity index is 1.22. The molecule has 206 valence electrons. The largest absolute Gasteiger partial charge is 0.456 e. The Morgan fingerprint density at radius 1 is 0.432 bits per heavy atom. The van der Waals surface area contributed by atoms with Gasteiger partial charge in [0.15, 0.2) is 17.5 Å². The zero-order valence-electron chi connectivity index (χ0n) is 23.4. The highest BCUT2D eigenvalue weighted by molar-refractivity contribution is 6.27. The van der Waals surface area contributed by atoms with Crippen molar-refractivity contribution in [1.29, 1.82) is 0 Å². The lowest BCUT2D eigenvalue weighted by Gasteiger charge is -2.10. The Bertz CT molecular complexity index is 2420. The van der Waals surface area contributed by atoms with Crippen molar-refractivity contribution in [2.45, 2.75) is 0 Å². The van der Waals surface area contributed by atoms with Crippen LogP contribution in [-0.4, -0.2) is 24.5 Å². The minimum Gasteiger partial charge on any atom is -0.456 e. The van der Waals surface area contributed by atoms with Gasteiger partial charge in [0.1, 0.15) is 17.0 Å². The third-order valence-electron chi connectivity index (χ3n) is 8.11. The molecular weight excluding hydrogens is 542 g/mol. The van der Waals surface area contributed by atoms with Crippen molar-refractivity contribution in [1.82, 2.24) is 24.5 Å². The van der Waals surface area contributed by atoms with Gasteiger partial charge in [-0.05, 0) is 36.4 Å². The molecule has 6 heteroatoms. The number of fused-ring (bicyclic) bond motifs is 7. The summed E-state index contributed by atoms with van der Waals surface area (Å²) in [7, 11) is 0. The summed E-state index contributed by atoms with van der Waals surface area (Å²) in [6, 6.07) is 44.9. The minimum absolute atomic E-state index is 0.575. The van der Waals surface area contributed by atoms with Crippen LogP contribution in [0.4, 0.5) is 0 Å². The SMILES string of the molecule is c1ccc(-c2nc(-c3ccccc3)nc(-c3ccc(-n4c5ccccc5c5c6c(ccc54)oc4ccccc46)nc3)n2)cc1. The second kappa shape index (κ2) is 9.71. The molecule has 0 amide bonds. The number of hydrogen-bond acceptors (Lipinski definition) is 5. The van der Waals surface area contributed by atoms with E-state index in [1.807, 2.05) is 91.1 Å². The van der Waals surface area contributed by atoms with Gasteiger partial charge in [0.25, 0.3) is 0 Å². The third-order valence-corrected chi connectivity index (χ3v) is 8.11. The number of para-hydroxylation sites is 2. The Morgan fingerprint density at radius 2 is 1.05 bits per heavy atom. The summed E-state index contributed by atoms with van der Waals surface area (Å²) in [4.78, 5) is 19.5. The standard InChI is InChI=1S/C38H23N5O/c1-3-11-24(12-4-1)36-40-37(25-13-5-2-6-14-25)42-38(41-36)26-19-22-33(39-23-26)43-29-17-9-7-15-27(29)34-30(43)20-21-32-35(34)28-16-8-10-18-31(28)44-32/h1-23H. The van der Waals surface area contributed by atoms with Gasteiger partial charge < -0.3 is 4.42 Å². The quantitative estimate of drug-likeness (QED) is 0.213. The fourth-order valence-corrected chi connectivity index (χ4v) is 6.11. The van der Waals surface area contributed by atoms with Crippen LogP contribution in [0.15, 0.2) is 144 Å². The Kier molecular flexibility index (Phi) is 5.40. The molecule has 0 fully saturated rings. The minimum atomic E-state index is 0.575. The van der Waals surface area contributed by atoms with Gasteiger partial charge in [-0.25, -0.2) is 19.9 Å². The molecule has 9 aromatic rings. The molecule has 0 N–H and O–H groups in total. The number of hydrogen-bond donors (Lipinski definition) is 0. The van der Waals surface area contributed by atoms with E-state index in [0.29, 0.717) is 17.5 Å². The highest BCUT2D eigenvalue weighted by Crippen LogP contribution is 2.40. The number of pyridine rings is 1. The van der Waals surface area contributed by atoms with Crippen LogP contribution in [0.25, 0.3) is 83.7 Å². The fourth-order valence-electron chi connectivity index (χ4n) is 6.11. The average Bonchev–Trinajstić information content (AvgIpc) is 3.64. The molecule has 44 heavy (non-hydrogen) atoms. The summed E-state index contributed by atoms with van der Waals surface area (Å²) in [5.41, 5.74) is 6.60. The van der Waals surface area contributed by atoms with Crippen LogP contribution in [-0.2, 0) is 0 Å². The molecule has 4 aromatic heterocycles. The molecule has 0 aliphatic heterocycles. The lowest BCUT2D eigenvalue weighted by atomic mass is 10.1. The van der Waals surface area contributed by atoms with Crippen LogP contribution < -0.4 is 0 Å². The van der Waals surface area contributed by atoms with E-state index in [1.165, 1.54) is 0 Å². The zero-order valence-corrected chi connectivity index (χ0v) is 23.4. The number of furan rings is 1. The van der Waals surface area contributed by atoms with E-state index in [0.717, 1.165) is 66.3 Å². The van der Waals surface area contributed by atoms with E-state index >= 15 is 0 Å². The van der Waals surface area contributed by atoms with E-state index in [1.54, 1.807) is 0 Å². The highest BCUT2D eigenvalue weighted by atomic mass is 16.3. The zero-order chi connectivity index (χ0) is 29.0. The molecule has 0 unspecified atom stereocenters. The Labute approximate surface area is 251 Å². The van der Waals surface area contributed by atoms with E-state index < -0.39 is 0 Å². The molecule has 9 rings (SSSR count). The smallest absolute Gasteiger partial charge is 0.165 e. The van der Waals surface area contributed by atoms with Crippen molar-refractivity contribution >= 4 is 43.7 Å². The van der Waals surface area contributed by atoms with Crippen molar-refractivity contribution in [2.24, 2.45) is 0 Å². The predicted octanol–water partition coefficient (Wildman–Crippen LogP) is 9.26. The van der Waals surface area contributed by atoms with Gasteiger partial charge in [0.2, 0.25) is 0 Å². The number of nitrogens with zero attached hydrogens (tertiary/aromatic N) is 5. The van der Waals surface area contributed by atoms with Gasteiger partial charge >= 0.3 is 0 Å². The van der Waals surface area contributed by atoms with Crippen LogP contribution in [0.3, 0.4) is 0 Å². The van der Waals surface area contributed by atoms with Gasteiger partial charge in [-0.2, -0.15) is 0 Å². The first-order valence-electron chi connectivity index (χ1n) is 14.5. The van der Waals surface area contributed by atoms with Crippen molar-refractivity contribution in [3.63, 3.8) is 0 Å². The fraction of sp³-hybridized carbons (Fsp3) is 0. The molecule has 0 saturated carbocycles. The monoisotopic (exact) mass is 565 g/mol. The van der Waals surface area contributed by atoms with Crippen molar-refractivity contribution in [2.75, 3.05) is 0 Å². The molecule has 0 radical (unpaired) electrons. The second-order valence-electron chi connectivity index (χ2n) is 10.7. The summed E-state index contributed by atoms with van der Waals surface area (Å²) >= 11 is 0. The average molecular weight is 566 g/mol. The first-order chi connectivity index (χ1) is 21.8. The Hall–Kier alpha value is -6.14. The summed E-state index contributed by atoms with van der Waals surface area (Å²) in [6.07, 6.45) is 1.85. The molecular formula is C38H23N5O. The number of rotatable bonds is 4. The topological polar surface area (TPSA) is 69.6 Å². The summed E-state index contributed by atoms with van der Waals surface area (Å²) in [6.45, 7) is 0. The van der Waals surface area contributed by atoms with Crippen molar-refractivity contribution in [3.8, 4) is 40.0 Å². The maximum Gasteiger partial charge on any atom is 0.165 e. The third kappa shape index (κ3) is 3.82. The van der Waals surface area contributed by atoms with Crippen LogP contribution in [0.1, 0.15) is 0 Å². The molecule has 6 nitrogen and oxygen atoms in total. The van der Waals surface area contributed by atoms with Crippen LogP contribution in [0, 0.1) is 0 Å². The normalized spacial score (nSPS) is 11.6. The highest BCUT2D eigenvalue weighted by Gasteiger charge is 2.19. The number of benzene rings is 5. The molecule has 4 heterocycles. The van der Waals surface area contributed by atoms with Gasteiger partial charge in [-0.3, -0.25) is 4.57 Å². The first kappa shape index (κ1) is 24.5. The summed E-state index contributed by atoms with van der Waals surface area (Å²) in [5, 5.41) is 4.55. The molecule has 0 aliphatic rings. The lowest BCUT2D eigenvalue weighted by Crippen LogP contribution is -2.01. The summed E-state index contributed by atoms with van der Waals surface area (Å²) < 4.78 is 8.44. The molecule has 0 saturated heterocycles. The van der Waals surface area contributed by atoms with Crippen molar-refractivity contribution in [3.05, 3.63) is 140 Å². The van der Waals surface area contributed by atoms with Crippen LogP contribution in [0.2, 0.25) is 0 Å². The van der Waals surface area contributed by atoms with Crippen molar-refractivity contribution < 1.29 is 4.42 Å². The van der Waals surface area contributed by atoms with Gasteiger partial charge in [-0.15, -0.1) is 0 Å². The molecule has 0 aliphatic carbocycles. The van der Waals surface area contributed by atoms with E-state index in [9.17, 15) is 0 Å². The first-order valence-corrected chi connectivity index (χ1v) is 14.5. The maximum atomic E-state index is 6.23. The van der Waals surface area contributed by atoms with Gasteiger partial charge in [0.05, 0.1) is 11.0 Å². The predicted molar refractivity (Wildman–Crippen MR) is 176 cm³/mol. The van der Waals surface area contributed by atoms with Crippen LogP contribution >= 0.6 is 0 Å². The Morgan fingerprint density at radius 3 is 1.73 bits per heavy atom. The van der Waals surface area contributed by atoms with Crippen LogP contribution in [0.5, 0.6) is 0 Å². The second-order valence-corrected chi connectivity index (χ2v) is 10.7. The van der Waals surface area contributed by atoms with Gasteiger partial charge in [-0.1, -0.05) is 97.1 Å². The van der Waals surface area contributed by atoms with E-state index in [4.69, 9.17) is 24.4 Å². The molecule has 0 bridgehead atoms. The maximum absolute atomic E-state index is 6.23.